The van der Waals surface area contributed by atoms with E-state index in [0.717, 1.165) is 23.1 Å². The second-order valence-corrected chi connectivity index (χ2v) is 5.96. The summed E-state index contributed by atoms with van der Waals surface area (Å²) in [5, 5.41) is 0.585. The zero-order valence-corrected chi connectivity index (χ0v) is 12.4. The number of rotatable bonds is 2. The number of nitrogens with two attached hydrogens (primary N) is 1. The SMILES string of the molecule is CC1CCC(C(N)=O)CN1c1ncc(Br)cc1Cl. The molecule has 0 radical (unpaired) electrons. The van der Waals surface area contributed by atoms with Crippen molar-refractivity contribution in [1.82, 2.24) is 4.98 Å². The maximum Gasteiger partial charge on any atom is 0.222 e. The Bertz CT molecular complexity index is 469. The van der Waals surface area contributed by atoms with Gasteiger partial charge in [-0.15, -0.1) is 0 Å². The molecule has 0 aliphatic carbocycles. The number of hydrogen-bond acceptors (Lipinski definition) is 3. The molecule has 4 nitrogen and oxygen atoms in total. The van der Waals surface area contributed by atoms with Gasteiger partial charge in [-0.05, 0) is 41.8 Å². The number of carbonyl (C=O) groups excluding carboxylic acids is 1. The Balaban J connectivity index is 2.26. The number of carbonyl (C=O) groups is 1. The third-order valence-corrected chi connectivity index (χ3v) is 4.06. The van der Waals surface area contributed by atoms with Crippen molar-refractivity contribution in [2.75, 3.05) is 11.4 Å². The number of aromatic nitrogens is 1. The molecule has 0 aromatic carbocycles. The monoisotopic (exact) mass is 331 g/mol. The first-order valence-electron chi connectivity index (χ1n) is 5.86. The fourth-order valence-electron chi connectivity index (χ4n) is 2.25. The van der Waals surface area contributed by atoms with Crippen molar-refractivity contribution in [2.24, 2.45) is 11.7 Å². The van der Waals surface area contributed by atoms with Crippen molar-refractivity contribution in [3.05, 3.63) is 21.8 Å². The molecule has 2 N–H and O–H groups in total. The van der Waals surface area contributed by atoms with E-state index in [0.29, 0.717) is 17.6 Å². The van der Waals surface area contributed by atoms with Gasteiger partial charge in [0.05, 0.1) is 10.9 Å². The lowest BCUT2D eigenvalue weighted by Gasteiger charge is -2.38. The zero-order valence-electron chi connectivity index (χ0n) is 10.1. The fourth-order valence-corrected chi connectivity index (χ4v) is 2.99. The van der Waals surface area contributed by atoms with Gasteiger partial charge in [0.2, 0.25) is 5.91 Å². The Hall–Kier alpha value is -0.810. The Morgan fingerprint density at radius 1 is 1.61 bits per heavy atom. The number of pyridine rings is 1. The molecule has 1 aromatic rings. The minimum absolute atomic E-state index is 0.122. The van der Waals surface area contributed by atoms with Gasteiger partial charge in [-0.2, -0.15) is 0 Å². The molecular weight excluding hydrogens is 318 g/mol. The Morgan fingerprint density at radius 2 is 2.33 bits per heavy atom. The van der Waals surface area contributed by atoms with Crippen LogP contribution in [0.3, 0.4) is 0 Å². The van der Waals surface area contributed by atoms with Crippen molar-refractivity contribution in [3.8, 4) is 0 Å². The molecule has 98 valence electrons. The molecule has 1 aliphatic heterocycles. The average Bonchev–Trinajstić information content (AvgIpc) is 2.30. The fraction of sp³-hybridized carbons (Fsp3) is 0.500. The van der Waals surface area contributed by atoms with Crippen LogP contribution in [0.2, 0.25) is 5.02 Å². The van der Waals surface area contributed by atoms with Crippen LogP contribution in [0.25, 0.3) is 0 Å². The van der Waals surface area contributed by atoms with E-state index in [1.54, 1.807) is 6.20 Å². The van der Waals surface area contributed by atoms with Crippen LogP contribution in [-0.2, 0) is 4.79 Å². The van der Waals surface area contributed by atoms with E-state index < -0.39 is 0 Å². The minimum atomic E-state index is -0.250. The van der Waals surface area contributed by atoms with Crippen LogP contribution in [0.4, 0.5) is 5.82 Å². The predicted molar refractivity (Wildman–Crippen MR) is 75.7 cm³/mol. The van der Waals surface area contributed by atoms with Crippen LogP contribution in [-0.4, -0.2) is 23.5 Å². The van der Waals surface area contributed by atoms with E-state index in [4.69, 9.17) is 17.3 Å². The molecule has 2 unspecified atom stereocenters. The van der Waals surface area contributed by atoms with E-state index in [2.05, 4.69) is 32.7 Å². The summed E-state index contributed by atoms with van der Waals surface area (Å²) in [5.74, 6) is 0.348. The largest absolute Gasteiger partial charge is 0.369 e. The summed E-state index contributed by atoms with van der Waals surface area (Å²) in [4.78, 5) is 17.7. The van der Waals surface area contributed by atoms with E-state index in [-0.39, 0.29) is 11.8 Å². The maximum absolute atomic E-state index is 11.3. The van der Waals surface area contributed by atoms with Crippen LogP contribution in [0.1, 0.15) is 19.8 Å². The molecule has 0 bridgehead atoms. The van der Waals surface area contributed by atoms with Crippen molar-refractivity contribution >= 4 is 39.3 Å². The van der Waals surface area contributed by atoms with Crippen molar-refractivity contribution in [1.29, 1.82) is 0 Å². The molecule has 0 saturated carbocycles. The first-order chi connectivity index (χ1) is 8.49. The molecule has 18 heavy (non-hydrogen) atoms. The zero-order chi connectivity index (χ0) is 13.3. The molecule has 1 fully saturated rings. The maximum atomic E-state index is 11.3. The molecule has 1 saturated heterocycles. The first kappa shape index (κ1) is 13.6. The number of primary amides is 1. The molecule has 6 heteroatoms. The number of anilines is 1. The highest BCUT2D eigenvalue weighted by Gasteiger charge is 2.30. The Labute approximate surface area is 120 Å². The van der Waals surface area contributed by atoms with Gasteiger partial charge in [-0.25, -0.2) is 4.98 Å². The van der Waals surface area contributed by atoms with Gasteiger partial charge in [0, 0.05) is 23.3 Å². The number of nitrogens with zero attached hydrogens (tertiary/aromatic N) is 2. The molecule has 1 aliphatic rings. The van der Waals surface area contributed by atoms with E-state index in [1.165, 1.54) is 0 Å². The summed E-state index contributed by atoms with van der Waals surface area (Å²) >= 11 is 9.54. The molecule has 0 spiro atoms. The molecule has 1 amide bonds. The third-order valence-electron chi connectivity index (χ3n) is 3.34. The van der Waals surface area contributed by atoms with Crippen molar-refractivity contribution < 1.29 is 4.79 Å². The lowest BCUT2D eigenvalue weighted by atomic mass is 9.93. The number of halogens is 2. The highest BCUT2D eigenvalue weighted by Crippen LogP contribution is 2.32. The highest BCUT2D eigenvalue weighted by molar-refractivity contribution is 9.10. The Morgan fingerprint density at radius 3 is 2.94 bits per heavy atom. The summed E-state index contributed by atoms with van der Waals surface area (Å²) < 4.78 is 0.840. The van der Waals surface area contributed by atoms with Gasteiger partial charge in [0.15, 0.2) is 0 Å². The predicted octanol–water partition coefficient (Wildman–Crippen LogP) is 2.59. The Kier molecular flexibility index (Phi) is 4.12. The first-order valence-corrected chi connectivity index (χ1v) is 7.03. The van der Waals surface area contributed by atoms with E-state index >= 15 is 0 Å². The minimum Gasteiger partial charge on any atom is -0.369 e. The van der Waals surface area contributed by atoms with Crippen molar-refractivity contribution in [3.63, 3.8) is 0 Å². The molecule has 2 atom stereocenters. The second kappa shape index (κ2) is 5.45. The van der Waals surface area contributed by atoms with Gasteiger partial charge in [0.1, 0.15) is 5.82 Å². The number of amides is 1. The quantitative estimate of drug-likeness (QED) is 0.905. The van der Waals surface area contributed by atoms with Crippen molar-refractivity contribution in [2.45, 2.75) is 25.8 Å². The average molecular weight is 333 g/mol. The van der Waals surface area contributed by atoms with Crippen LogP contribution < -0.4 is 10.6 Å². The topological polar surface area (TPSA) is 59.2 Å². The van der Waals surface area contributed by atoms with E-state index in [9.17, 15) is 4.79 Å². The van der Waals surface area contributed by atoms with Gasteiger partial charge >= 0.3 is 0 Å². The van der Waals surface area contributed by atoms with Gasteiger partial charge in [-0.1, -0.05) is 11.6 Å². The lowest BCUT2D eigenvalue weighted by Crippen LogP contribution is -2.46. The highest BCUT2D eigenvalue weighted by atomic mass is 79.9. The molecule has 2 rings (SSSR count). The summed E-state index contributed by atoms with van der Waals surface area (Å²) in [6, 6.07) is 2.12. The van der Waals surface area contributed by atoms with Gasteiger partial charge < -0.3 is 10.6 Å². The number of piperidine rings is 1. The summed E-state index contributed by atoms with van der Waals surface area (Å²) in [5.41, 5.74) is 5.39. The van der Waals surface area contributed by atoms with Crippen LogP contribution in [0.5, 0.6) is 0 Å². The standard InChI is InChI=1S/C12H15BrClN3O/c1-7-2-3-8(11(15)18)6-17(7)12-10(14)4-9(13)5-16-12/h4-5,7-8H,2-3,6H2,1H3,(H2,15,18). The van der Waals surface area contributed by atoms with Crippen LogP contribution in [0.15, 0.2) is 16.7 Å². The molecule has 2 heterocycles. The summed E-state index contributed by atoms with van der Waals surface area (Å²) in [6.07, 6.45) is 3.46. The third kappa shape index (κ3) is 2.78. The lowest BCUT2D eigenvalue weighted by molar-refractivity contribution is -0.122. The van der Waals surface area contributed by atoms with E-state index in [1.807, 2.05) is 6.07 Å². The van der Waals surface area contributed by atoms with Crippen LogP contribution in [0, 0.1) is 5.92 Å². The normalized spacial score (nSPS) is 24.1. The summed E-state index contributed by atoms with van der Waals surface area (Å²) in [6.45, 7) is 2.70. The van der Waals surface area contributed by atoms with Gasteiger partial charge in [-0.3, -0.25) is 4.79 Å². The molecular formula is C12H15BrClN3O. The smallest absolute Gasteiger partial charge is 0.222 e. The van der Waals surface area contributed by atoms with Crippen LogP contribution >= 0.6 is 27.5 Å². The van der Waals surface area contributed by atoms with Gasteiger partial charge in [0.25, 0.3) is 0 Å². The number of hydrogen-bond donors (Lipinski definition) is 1. The second-order valence-electron chi connectivity index (χ2n) is 4.64. The summed E-state index contributed by atoms with van der Waals surface area (Å²) in [7, 11) is 0. The molecule has 1 aromatic heterocycles.